The van der Waals surface area contributed by atoms with Gasteiger partial charge in [-0.2, -0.15) is 5.10 Å². The maximum atomic E-state index is 4.19. The highest BCUT2D eigenvalue weighted by molar-refractivity contribution is 5.82. The van der Waals surface area contributed by atoms with E-state index in [0.29, 0.717) is 0 Å². The predicted octanol–water partition coefficient (Wildman–Crippen LogP) is 2.67. The Bertz CT molecular complexity index is 267. The van der Waals surface area contributed by atoms with Gasteiger partial charge in [-0.3, -0.25) is 5.43 Å². The van der Waals surface area contributed by atoms with Gasteiger partial charge in [-0.05, 0) is 25.5 Å². The molecule has 1 aromatic heterocycles. The van der Waals surface area contributed by atoms with Crippen molar-refractivity contribution in [3.63, 3.8) is 0 Å². The van der Waals surface area contributed by atoms with E-state index in [2.05, 4.69) is 22.4 Å². The Balaban J connectivity index is 2.47. The summed E-state index contributed by atoms with van der Waals surface area (Å²) in [6.45, 7) is 4.15. The average Bonchev–Trinajstić information content (AvgIpc) is 2.17. The van der Waals surface area contributed by atoms with E-state index in [1.807, 2.05) is 25.1 Å². The first-order valence-corrected chi connectivity index (χ1v) is 4.53. The first-order valence-electron chi connectivity index (χ1n) is 4.53. The van der Waals surface area contributed by atoms with Gasteiger partial charge in [0.15, 0.2) is 0 Å². The molecule has 1 rings (SSSR count). The third kappa shape index (κ3) is 3.69. The first-order chi connectivity index (χ1) is 6.33. The van der Waals surface area contributed by atoms with Crippen LogP contribution in [0.15, 0.2) is 29.5 Å². The number of hydrogen-bond donors (Lipinski definition) is 1. The zero-order chi connectivity index (χ0) is 9.52. The Hall–Kier alpha value is -1.38. The van der Waals surface area contributed by atoms with E-state index in [-0.39, 0.29) is 0 Å². The fourth-order valence-corrected chi connectivity index (χ4v) is 0.999. The fourth-order valence-electron chi connectivity index (χ4n) is 0.999. The maximum absolute atomic E-state index is 4.19. The van der Waals surface area contributed by atoms with Gasteiger partial charge in [0.05, 0.1) is 0 Å². The number of nitrogens with one attached hydrogen (secondary N) is 1. The van der Waals surface area contributed by atoms with Crippen LogP contribution in [0, 0.1) is 0 Å². The van der Waals surface area contributed by atoms with Crippen molar-refractivity contribution in [3.05, 3.63) is 24.4 Å². The Labute approximate surface area is 78.9 Å². The molecule has 0 aliphatic heterocycles. The lowest BCUT2D eigenvalue weighted by Gasteiger charge is -2.00. The van der Waals surface area contributed by atoms with Gasteiger partial charge in [-0.15, -0.1) is 0 Å². The zero-order valence-corrected chi connectivity index (χ0v) is 8.12. The van der Waals surface area contributed by atoms with Crippen molar-refractivity contribution in [2.75, 3.05) is 5.43 Å². The van der Waals surface area contributed by atoms with Gasteiger partial charge in [0.25, 0.3) is 0 Å². The van der Waals surface area contributed by atoms with Gasteiger partial charge < -0.3 is 0 Å². The Kier molecular flexibility index (Phi) is 3.96. The minimum absolute atomic E-state index is 0.790. The van der Waals surface area contributed by atoms with Gasteiger partial charge in [0, 0.05) is 11.9 Å². The van der Waals surface area contributed by atoms with Crippen LogP contribution in [0.2, 0.25) is 0 Å². The maximum Gasteiger partial charge on any atom is 0.146 e. The number of hydrazone groups is 1. The molecule has 70 valence electrons. The SMILES string of the molecule is CCC/C(C)=N\Nc1ccccn1. The molecule has 0 bridgehead atoms. The number of nitrogens with zero attached hydrogens (tertiary/aromatic N) is 2. The van der Waals surface area contributed by atoms with Crippen LogP contribution in [0.5, 0.6) is 0 Å². The second-order valence-electron chi connectivity index (χ2n) is 2.92. The molecule has 0 atom stereocenters. The number of anilines is 1. The van der Waals surface area contributed by atoms with E-state index in [9.17, 15) is 0 Å². The van der Waals surface area contributed by atoms with Crippen molar-refractivity contribution in [1.82, 2.24) is 4.98 Å². The van der Waals surface area contributed by atoms with Gasteiger partial charge in [-0.1, -0.05) is 19.4 Å². The quantitative estimate of drug-likeness (QED) is 0.567. The highest BCUT2D eigenvalue weighted by atomic mass is 15.3. The van der Waals surface area contributed by atoms with Crippen LogP contribution in [0.4, 0.5) is 5.82 Å². The van der Waals surface area contributed by atoms with Crippen molar-refractivity contribution in [2.24, 2.45) is 5.10 Å². The van der Waals surface area contributed by atoms with E-state index < -0.39 is 0 Å². The lowest BCUT2D eigenvalue weighted by Crippen LogP contribution is -1.97. The summed E-state index contributed by atoms with van der Waals surface area (Å²) in [6, 6.07) is 5.70. The molecule has 0 unspecified atom stereocenters. The molecule has 3 heteroatoms. The molecule has 1 heterocycles. The number of aromatic nitrogens is 1. The van der Waals surface area contributed by atoms with Crippen molar-refractivity contribution in [3.8, 4) is 0 Å². The van der Waals surface area contributed by atoms with Crippen LogP contribution in [0.1, 0.15) is 26.7 Å². The fraction of sp³-hybridized carbons (Fsp3) is 0.400. The van der Waals surface area contributed by atoms with Gasteiger partial charge in [0.2, 0.25) is 0 Å². The molecule has 0 aromatic carbocycles. The molecule has 0 aliphatic rings. The summed E-state index contributed by atoms with van der Waals surface area (Å²) in [5.74, 6) is 0.790. The number of rotatable bonds is 4. The smallest absolute Gasteiger partial charge is 0.146 e. The van der Waals surface area contributed by atoms with Crippen LogP contribution in [-0.4, -0.2) is 10.7 Å². The van der Waals surface area contributed by atoms with Gasteiger partial charge in [0.1, 0.15) is 5.82 Å². The Morgan fingerprint density at radius 2 is 2.38 bits per heavy atom. The minimum Gasteiger partial charge on any atom is -0.261 e. The largest absolute Gasteiger partial charge is 0.261 e. The topological polar surface area (TPSA) is 37.3 Å². The van der Waals surface area contributed by atoms with Crippen LogP contribution >= 0.6 is 0 Å². The summed E-state index contributed by atoms with van der Waals surface area (Å²) >= 11 is 0. The summed E-state index contributed by atoms with van der Waals surface area (Å²) in [4.78, 5) is 4.09. The molecule has 0 saturated carbocycles. The molecule has 13 heavy (non-hydrogen) atoms. The molecule has 1 N–H and O–H groups in total. The highest BCUT2D eigenvalue weighted by Gasteiger charge is 1.90. The first kappa shape index (κ1) is 9.71. The second-order valence-corrected chi connectivity index (χ2v) is 2.92. The lowest BCUT2D eigenvalue weighted by molar-refractivity contribution is 0.982. The predicted molar refractivity (Wildman–Crippen MR) is 55.9 cm³/mol. The average molecular weight is 177 g/mol. The molecule has 1 aromatic rings. The van der Waals surface area contributed by atoms with E-state index in [4.69, 9.17) is 0 Å². The van der Waals surface area contributed by atoms with E-state index >= 15 is 0 Å². The third-order valence-electron chi connectivity index (χ3n) is 1.64. The van der Waals surface area contributed by atoms with Crippen LogP contribution in [0.25, 0.3) is 0 Å². The molecule has 0 spiro atoms. The summed E-state index contributed by atoms with van der Waals surface area (Å²) in [7, 11) is 0. The Morgan fingerprint density at radius 3 is 3.00 bits per heavy atom. The van der Waals surface area contributed by atoms with E-state index in [1.54, 1.807) is 6.20 Å². The normalized spacial score (nSPS) is 11.4. The van der Waals surface area contributed by atoms with Crippen LogP contribution < -0.4 is 5.43 Å². The Morgan fingerprint density at radius 1 is 1.54 bits per heavy atom. The molecule has 0 radical (unpaired) electrons. The van der Waals surface area contributed by atoms with Gasteiger partial charge in [-0.25, -0.2) is 4.98 Å². The minimum atomic E-state index is 0.790. The number of pyridine rings is 1. The van der Waals surface area contributed by atoms with Crippen molar-refractivity contribution in [2.45, 2.75) is 26.7 Å². The summed E-state index contributed by atoms with van der Waals surface area (Å²) in [5, 5.41) is 4.19. The molecule has 0 aliphatic carbocycles. The molecule has 0 amide bonds. The standard InChI is InChI=1S/C10H15N3/c1-3-6-9(2)12-13-10-7-4-5-8-11-10/h4-5,7-8H,3,6H2,1-2H3,(H,11,13)/b12-9-. The van der Waals surface area contributed by atoms with Gasteiger partial charge >= 0.3 is 0 Å². The van der Waals surface area contributed by atoms with Crippen molar-refractivity contribution >= 4 is 11.5 Å². The monoisotopic (exact) mass is 177 g/mol. The van der Waals surface area contributed by atoms with Crippen molar-refractivity contribution in [1.29, 1.82) is 0 Å². The summed E-state index contributed by atoms with van der Waals surface area (Å²) < 4.78 is 0. The third-order valence-corrected chi connectivity index (χ3v) is 1.64. The lowest BCUT2D eigenvalue weighted by atomic mass is 10.2. The number of hydrogen-bond acceptors (Lipinski definition) is 3. The van der Waals surface area contributed by atoms with E-state index in [0.717, 1.165) is 24.4 Å². The molecule has 3 nitrogen and oxygen atoms in total. The molecular weight excluding hydrogens is 162 g/mol. The molecule has 0 saturated heterocycles. The molecular formula is C10H15N3. The van der Waals surface area contributed by atoms with E-state index in [1.165, 1.54) is 0 Å². The van der Waals surface area contributed by atoms with Crippen molar-refractivity contribution < 1.29 is 0 Å². The van der Waals surface area contributed by atoms with Crippen LogP contribution in [0.3, 0.4) is 0 Å². The summed E-state index contributed by atoms with van der Waals surface area (Å²) in [6.07, 6.45) is 3.89. The zero-order valence-electron chi connectivity index (χ0n) is 8.12. The highest BCUT2D eigenvalue weighted by Crippen LogP contribution is 2.00. The molecule has 0 fully saturated rings. The second kappa shape index (κ2) is 5.30. The summed E-state index contributed by atoms with van der Waals surface area (Å²) in [5.41, 5.74) is 4.01. The van der Waals surface area contributed by atoms with Crippen LogP contribution in [-0.2, 0) is 0 Å².